The van der Waals surface area contributed by atoms with E-state index in [2.05, 4.69) is 9.98 Å². The highest BCUT2D eigenvalue weighted by atomic mass is 16.1. The Morgan fingerprint density at radius 2 is 2.31 bits per heavy atom. The van der Waals surface area contributed by atoms with Gasteiger partial charge < -0.3 is 4.98 Å². The summed E-state index contributed by atoms with van der Waals surface area (Å²) in [7, 11) is 0. The van der Waals surface area contributed by atoms with Crippen molar-refractivity contribution < 1.29 is 0 Å². The van der Waals surface area contributed by atoms with Crippen LogP contribution in [0.2, 0.25) is 0 Å². The highest BCUT2D eigenvalue weighted by molar-refractivity contribution is 6.02. The fourth-order valence-corrected chi connectivity index (χ4v) is 1.65. The van der Waals surface area contributed by atoms with Crippen LogP contribution in [0.25, 0.3) is 0 Å². The number of H-pyrrole nitrogens is 1. The summed E-state index contributed by atoms with van der Waals surface area (Å²) in [5, 5.41) is 0. The Kier molecular flexibility index (Phi) is 2.00. The van der Waals surface area contributed by atoms with E-state index in [1.165, 1.54) is 0 Å². The number of aryl methyl sites for hydroxylation is 1. The maximum absolute atomic E-state index is 11.0. The number of rotatable bonds is 1. The van der Waals surface area contributed by atoms with E-state index in [9.17, 15) is 4.79 Å². The van der Waals surface area contributed by atoms with E-state index < -0.39 is 0 Å². The average Bonchev–Trinajstić information content (AvgIpc) is 2.56. The maximum atomic E-state index is 11.0. The first-order valence-corrected chi connectivity index (χ1v) is 4.51. The van der Waals surface area contributed by atoms with Crippen LogP contribution in [0.5, 0.6) is 0 Å². The first-order chi connectivity index (χ1) is 6.27. The van der Waals surface area contributed by atoms with Crippen LogP contribution in [-0.4, -0.2) is 17.2 Å². The molecule has 0 saturated heterocycles. The van der Waals surface area contributed by atoms with E-state index in [0.29, 0.717) is 0 Å². The minimum Gasteiger partial charge on any atom is -0.326 e. The van der Waals surface area contributed by atoms with Crippen molar-refractivity contribution >= 4 is 5.71 Å². The van der Waals surface area contributed by atoms with Gasteiger partial charge in [0.25, 0.3) is 0 Å². The molecule has 3 heteroatoms. The molecular formula is C10H12N2O. The molecule has 13 heavy (non-hydrogen) atoms. The van der Waals surface area contributed by atoms with Gasteiger partial charge in [-0.25, -0.2) is 0 Å². The average molecular weight is 176 g/mol. The summed E-state index contributed by atoms with van der Waals surface area (Å²) >= 11 is 0. The number of pyridine rings is 1. The van der Waals surface area contributed by atoms with Gasteiger partial charge >= 0.3 is 0 Å². The second-order valence-electron chi connectivity index (χ2n) is 3.29. The molecule has 0 aliphatic carbocycles. The van der Waals surface area contributed by atoms with Crippen LogP contribution in [0.15, 0.2) is 21.9 Å². The molecule has 2 rings (SSSR count). The summed E-state index contributed by atoms with van der Waals surface area (Å²) in [4.78, 5) is 18.1. The van der Waals surface area contributed by atoms with Crippen molar-refractivity contribution in [1.29, 1.82) is 0 Å². The van der Waals surface area contributed by atoms with Gasteiger partial charge in [0.15, 0.2) is 0 Å². The summed E-state index contributed by atoms with van der Waals surface area (Å²) < 4.78 is 0. The van der Waals surface area contributed by atoms with Crippen molar-refractivity contribution in [3.63, 3.8) is 0 Å². The molecular weight excluding hydrogens is 164 g/mol. The topological polar surface area (TPSA) is 45.2 Å². The van der Waals surface area contributed by atoms with Crippen molar-refractivity contribution in [2.45, 2.75) is 19.8 Å². The predicted molar refractivity (Wildman–Crippen MR) is 52.4 cm³/mol. The van der Waals surface area contributed by atoms with E-state index in [0.717, 1.165) is 36.4 Å². The van der Waals surface area contributed by atoms with Crippen molar-refractivity contribution in [2.75, 3.05) is 6.54 Å². The lowest BCUT2D eigenvalue weighted by atomic mass is 10.1. The highest BCUT2D eigenvalue weighted by Gasteiger charge is 2.10. The van der Waals surface area contributed by atoms with Crippen LogP contribution < -0.4 is 5.56 Å². The normalized spacial score (nSPS) is 15.9. The second kappa shape index (κ2) is 3.17. The SMILES string of the molecule is Cc1[nH]c(=O)ccc1C1=NCCC1. The summed E-state index contributed by atoms with van der Waals surface area (Å²) in [5.74, 6) is 0. The molecule has 0 spiro atoms. The second-order valence-corrected chi connectivity index (χ2v) is 3.29. The summed E-state index contributed by atoms with van der Waals surface area (Å²) in [6.07, 6.45) is 2.17. The quantitative estimate of drug-likeness (QED) is 0.688. The lowest BCUT2D eigenvalue weighted by Gasteiger charge is -2.03. The van der Waals surface area contributed by atoms with Crippen molar-refractivity contribution in [1.82, 2.24) is 4.98 Å². The Balaban J connectivity index is 2.46. The van der Waals surface area contributed by atoms with Gasteiger partial charge in [-0.05, 0) is 25.8 Å². The number of hydrogen-bond donors (Lipinski definition) is 1. The predicted octanol–water partition coefficient (Wildman–Crippen LogP) is 1.27. The first kappa shape index (κ1) is 8.23. The monoisotopic (exact) mass is 176 g/mol. The Hall–Kier alpha value is -1.38. The maximum Gasteiger partial charge on any atom is 0.248 e. The number of hydrogen-bond acceptors (Lipinski definition) is 2. The lowest BCUT2D eigenvalue weighted by molar-refractivity contribution is 0.951. The van der Waals surface area contributed by atoms with Gasteiger partial charge in [-0.3, -0.25) is 9.79 Å². The third kappa shape index (κ3) is 1.54. The summed E-state index contributed by atoms with van der Waals surface area (Å²) in [6.45, 7) is 2.84. The molecule has 0 bridgehead atoms. The van der Waals surface area contributed by atoms with Crippen LogP contribution in [0.3, 0.4) is 0 Å². The summed E-state index contributed by atoms with van der Waals surface area (Å²) in [6, 6.07) is 3.42. The molecule has 1 aliphatic rings. The molecule has 0 fully saturated rings. The molecule has 3 nitrogen and oxygen atoms in total. The van der Waals surface area contributed by atoms with E-state index in [1.807, 2.05) is 13.0 Å². The molecule has 1 aromatic rings. The van der Waals surface area contributed by atoms with Gasteiger partial charge in [0.1, 0.15) is 0 Å². The van der Waals surface area contributed by atoms with Gasteiger partial charge in [-0.15, -0.1) is 0 Å². The number of nitrogens with zero attached hydrogens (tertiary/aromatic N) is 1. The van der Waals surface area contributed by atoms with Crippen LogP contribution in [0.1, 0.15) is 24.1 Å². The van der Waals surface area contributed by atoms with Crippen LogP contribution >= 0.6 is 0 Å². The molecule has 1 aromatic heterocycles. The zero-order chi connectivity index (χ0) is 9.26. The third-order valence-corrected chi connectivity index (χ3v) is 2.30. The lowest BCUT2D eigenvalue weighted by Crippen LogP contribution is -2.10. The van der Waals surface area contributed by atoms with Gasteiger partial charge in [-0.2, -0.15) is 0 Å². The zero-order valence-electron chi connectivity index (χ0n) is 7.63. The van der Waals surface area contributed by atoms with Crippen LogP contribution in [0.4, 0.5) is 0 Å². The van der Waals surface area contributed by atoms with Gasteiger partial charge in [-0.1, -0.05) is 0 Å². The Bertz CT molecular complexity index is 404. The third-order valence-electron chi connectivity index (χ3n) is 2.30. The highest BCUT2D eigenvalue weighted by Crippen LogP contribution is 2.13. The van der Waals surface area contributed by atoms with Gasteiger partial charge in [0.05, 0.1) is 0 Å². The van der Waals surface area contributed by atoms with Crippen molar-refractivity contribution in [3.8, 4) is 0 Å². The first-order valence-electron chi connectivity index (χ1n) is 4.51. The molecule has 0 radical (unpaired) electrons. The Morgan fingerprint density at radius 3 is 2.92 bits per heavy atom. The molecule has 0 atom stereocenters. The van der Waals surface area contributed by atoms with E-state index in [4.69, 9.17) is 0 Å². The molecule has 0 unspecified atom stereocenters. The molecule has 2 heterocycles. The molecule has 1 N–H and O–H groups in total. The van der Waals surface area contributed by atoms with E-state index >= 15 is 0 Å². The fourth-order valence-electron chi connectivity index (χ4n) is 1.65. The summed E-state index contributed by atoms with van der Waals surface area (Å²) in [5.41, 5.74) is 3.11. The smallest absolute Gasteiger partial charge is 0.248 e. The van der Waals surface area contributed by atoms with Crippen molar-refractivity contribution in [2.24, 2.45) is 4.99 Å². The Morgan fingerprint density at radius 1 is 1.46 bits per heavy atom. The molecule has 1 aliphatic heterocycles. The molecule has 68 valence electrons. The van der Waals surface area contributed by atoms with Crippen molar-refractivity contribution in [3.05, 3.63) is 33.7 Å². The number of nitrogens with one attached hydrogen (secondary N) is 1. The minimum atomic E-state index is -0.0418. The standard InChI is InChI=1S/C10H12N2O/c1-7-8(4-5-10(13)12-7)9-3-2-6-11-9/h4-5H,2-3,6H2,1H3,(H,12,13). The largest absolute Gasteiger partial charge is 0.326 e. The van der Waals surface area contributed by atoms with Gasteiger partial charge in [0.2, 0.25) is 5.56 Å². The van der Waals surface area contributed by atoms with Crippen LogP contribution in [0, 0.1) is 6.92 Å². The molecule has 0 saturated carbocycles. The van der Waals surface area contributed by atoms with Crippen LogP contribution in [-0.2, 0) is 0 Å². The minimum absolute atomic E-state index is 0.0418. The van der Waals surface area contributed by atoms with E-state index in [1.54, 1.807) is 6.07 Å². The molecule has 0 aromatic carbocycles. The Labute approximate surface area is 76.5 Å². The van der Waals surface area contributed by atoms with Gasteiger partial charge in [0, 0.05) is 29.6 Å². The number of aliphatic imine (C=N–C) groups is 1. The molecule has 0 amide bonds. The number of aromatic nitrogens is 1. The van der Waals surface area contributed by atoms with E-state index in [-0.39, 0.29) is 5.56 Å². The zero-order valence-corrected chi connectivity index (χ0v) is 7.63. The number of aromatic amines is 1. The fraction of sp³-hybridized carbons (Fsp3) is 0.400.